The van der Waals surface area contributed by atoms with Crippen molar-refractivity contribution in [1.82, 2.24) is 4.90 Å². The molecule has 1 saturated heterocycles. The van der Waals surface area contributed by atoms with Crippen LogP contribution >= 0.6 is 24.0 Å². The Kier molecular flexibility index (Phi) is 8.77. The van der Waals surface area contributed by atoms with E-state index < -0.39 is 12.1 Å². The summed E-state index contributed by atoms with van der Waals surface area (Å²) < 4.78 is 41.5. The monoisotopic (exact) mass is 549 g/mol. The second-order valence-corrected chi connectivity index (χ2v) is 6.70. The maximum atomic E-state index is 12.5. The first-order valence-electron chi connectivity index (χ1n) is 9.37. The fraction of sp³-hybridized carbons (Fsp3) is 0.300. The molecule has 0 spiro atoms. The van der Waals surface area contributed by atoms with E-state index in [2.05, 4.69) is 20.4 Å². The van der Waals surface area contributed by atoms with E-state index in [0.717, 1.165) is 31.5 Å². The lowest BCUT2D eigenvalue weighted by atomic mass is 10.2. The first-order chi connectivity index (χ1) is 14.3. The van der Waals surface area contributed by atoms with Gasteiger partial charge in [-0.3, -0.25) is 0 Å². The summed E-state index contributed by atoms with van der Waals surface area (Å²) in [6.07, 6.45) is -2.80. The van der Waals surface area contributed by atoms with Gasteiger partial charge in [-0.1, -0.05) is 24.3 Å². The van der Waals surface area contributed by atoms with Crippen molar-refractivity contribution < 1.29 is 22.7 Å². The number of benzene rings is 2. The number of nitrogens with zero attached hydrogens (tertiary/aromatic N) is 2. The number of guanidine groups is 1. The van der Waals surface area contributed by atoms with E-state index in [1.165, 1.54) is 18.2 Å². The van der Waals surface area contributed by atoms with Crippen LogP contribution in [-0.4, -0.2) is 36.3 Å². The molecular weight excluding hydrogens is 526 g/mol. The van der Waals surface area contributed by atoms with E-state index >= 15 is 0 Å². The standard InChI is InChI=1S/C20H22F3N5O2.HI/c21-20(22,23)30-17-9-2-1-8-16(17)27-18(24)25-13-14-6-5-7-15(12-14)26-19(29)28-10-3-4-11-28;/h1-2,5-9,12H,3-4,10-11,13H2,(H,26,29)(H3,24,25,27);1H. The molecule has 7 nitrogen and oxygen atoms in total. The Hall–Kier alpha value is -2.70. The van der Waals surface area contributed by atoms with Crippen LogP contribution in [0, 0.1) is 0 Å². The van der Waals surface area contributed by atoms with Gasteiger partial charge in [-0.05, 0) is 42.7 Å². The smallest absolute Gasteiger partial charge is 0.404 e. The number of amides is 2. The number of alkyl halides is 3. The van der Waals surface area contributed by atoms with Crippen molar-refractivity contribution in [3.8, 4) is 5.75 Å². The van der Waals surface area contributed by atoms with Crippen LogP contribution in [0.3, 0.4) is 0 Å². The summed E-state index contributed by atoms with van der Waals surface area (Å²) in [6, 6.07) is 12.5. The summed E-state index contributed by atoms with van der Waals surface area (Å²) in [4.78, 5) is 18.1. The molecule has 1 fully saturated rings. The summed E-state index contributed by atoms with van der Waals surface area (Å²) in [6.45, 7) is 1.67. The first-order valence-corrected chi connectivity index (χ1v) is 9.37. The Balaban J connectivity index is 0.00000341. The van der Waals surface area contributed by atoms with Gasteiger partial charge in [-0.2, -0.15) is 0 Å². The molecule has 2 aromatic rings. The van der Waals surface area contributed by atoms with Crippen LogP contribution in [0.1, 0.15) is 18.4 Å². The van der Waals surface area contributed by atoms with Crippen LogP contribution in [0.25, 0.3) is 0 Å². The highest BCUT2D eigenvalue weighted by Gasteiger charge is 2.32. The predicted octanol–water partition coefficient (Wildman–Crippen LogP) is 4.76. The SMILES string of the molecule is I.NC(=NCc1cccc(NC(=O)N2CCCC2)c1)Nc1ccccc1OC(F)(F)F. The Labute approximate surface area is 194 Å². The van der Waals surface area contributed by atoms with E-state index in [0.29, 0.717) is 5.69 Å². The predicted molar refractivity (Wildman–Crippen MR) is 124 cm³/mol. The maximum Gasteiger partial charge on any atom is 0.573 e. The van der Waals surface area contributed by atoms with Crippen LogP contribution in [0.2, 0.25) is 0 Å². The van der Waals surface area contributed by atoms with E-state index in [1.54, 1.807) is 29.2 Å². The number of ether oxygens (including phenoxy) is 1. The molecule has 0 atom stereocenters. The highest BCUT2D eigenvalue weighted by molar-refractivity contribution is 14.0. The van der Waals surface area contributed by atoms with Gasteiger partial charge in [-0.15, -0.1) is 37.1 Å². The third-order valence-electron chi connectivity index (χ3n) is 4.38. The van der Waals surface area contributed by atoms with Gasteiger partial charge >= 0.3 is 12.4 Å². The second-order valence-electron chi connectivity index (χ2n) is 6.70. The molecule has 1 heterocycles. The molecule has 1 aliphatic heterocycles. The fourth-order valence-electron chi connectivity index (χ4n) is 3.01. The molecule has 11 heteroatoms. The topological polar surface area (TPSA) is 92.0 Å². The molecule has 2 amide bonds. The van der Waals surface area contributed by atoms with E-state index in [-0.39, 0.29) is 48.2 Å². The molecule has 0 radical (unpaired) electrons. The number of hydrogen-bond donors (Lipinski definition) is 3. The van der Waals surface area contributed by atoms with Crippen LogP contribution in [-0.2, 0) is 6.54 Å². The summed E-state index contributed by atoms with van der Waals surface area (Å²) in [5.41, 5.74) is 7.27. The molecule has 4 N–H and O–H groups in total. The van der Waals surface area contributed by atoms with Gasteiger partial charge in [0, 0.05) is 18.8 Å². The van der Waals surface area contributed by atoms with Gasteiger partial charge in [0.25, 0.3) is 0 Å². The number of hydrogen-bond acceptors (Lipinski definition) is 3. The number of carbonyl (C=O) groups is 1. The highest BCUT2D eigenvalue weighted by Crippen LogP contribution is 2.29. The number of rotatable bonds is 5. The molecule has 31 heavy (non-hydrogen) atoms. The molecule has 2 aromatic carbocycles. The number of halogens is 4. The van der Waals surface area contributed by atoms with Crippen molar-refractivity contribution in [3.05, 3.63) is 54.1 Å². The van der Waals surface area contributed by atoms with Gasteiger partial charge in [0.2, 0.25) is 0 Å². The molecule has 0 unspecified atom stereocenters. The van der Waals surface area contributed by atoms with Crippen molar-refractivity contribution in [1.29, 1.82) is 0 Å². The molecule has 3 rings (SSSR count). The zero-order valence-electron chi connectivity index (χ0n) is 16.5. The zero-order chi connectivity index (χ0) is 21.6. The maximum absolute atomic E-state index is 12.5. The Morgan fingerprint density at radius 1 is 1.10 bits per heavy atom. The van der Waals surface area contributed by atoms with Crippen molar-refractivity contribution in [2.24, 2.45) is 10.7 Å². The number of nitrogens with two attached hydrogens (primary N) is 1. The molecule has 0 aliphatic carbocycles. The molecule has 0 bridgehead atoms. The van der Waals surface area contributed by atoms with Gasteiger partial charge in [0.1, 0.15) is 0 Å². The summed E-state index contributed by atoms with van der Waals surface area (Å²) in [7, 11) is 0. The Morgan fingerprint density at radius 3 is 2.52 bits per heavy atom. The third kappa shape index (κ3) is 7.81. The van der Waals surface area contributed by atoms with Gasteiger partial charge in [0.15, 0.2) is 11.7 Å². The minimum absolute atomic E-state index is 0. The van der Waals surface area contributed by atoms with Crippen LogP contribution in [0.15, 0.2) is 53.5 Å². The summed E-state index contributed by atoms with van der Waals surface area (Å²) in [5.74, 6) is -0.477. The lowest BCUT2D eigenvalue weighted by molar-refractivity contribution is -0.274. The largest absolute Gasteiger partial charge is 0.573 e. The lowest BCUT2D eigenvalue weighted by Gasteiger charge is -2.16. The minimum Gasteiger partial charge on any atom is -0.404 e. The van der Waals surface area contributed by atoms with Gasteiger partial charge in [0.05, 0.1) is 12.2 Å². The van der Waals surface area contributed by atoms with Crippen molar-refractivity contribution in [3.63, 3.8) is 0 Å². The number of anilines is 2. The third-order valence-corrected chi connectivity index (χ3v) is 4.38. The average Bonchev–Trinajstić information content (AvgIpc) is 3.22. The van der Waals surface area contributed by atoms with Gasteiger partial charge in [-0.25, -0.2) is 9.79 Å². The molecule has 0 saturated carbocycles. The Morgan fingerprint density at radius 2 is 1.81 bits per heavy atom. The fourth-order valence-corrected chi connectivity index (χ4v) is 3.01. The average molecular weight is 549 g/mol. The number of para-hydroxylation sites is 2. The van der Waals surface area contributed by atoms with Crippen LogP contribution in [0.4, 0.5) is 29.3 Å². The number of urea groups is 1. The van der Waals surface area contributed by atoms with Crippen molar-refractivity contribution >= 4 is 47.3 Å². The number of carbonyl (C=O) groups excluding carboxylic acids is 1. The number of likely N-dealkylation sites (tertiary alicyclic amines) is 1. The van der Waals surface area contributed by atoms with Gasteiger partial charge < -0.3 is 26.0 Å². The number of nitrogens with one attached hydrogen (secondary N) is 2. The molecule has 168 valence electrons. The van der Waals surface area contributed by atoms with Crippen LogP contribution < -0.4 is 21.1 Å². The van der Waals surface area contributed by atoms with E-state index in [9.17, 15) is 18.0 Å². The van der Waals surface area contributed by atoms with Crippen molar-refractivity contribution in [2.75, 3.05) is 23.7 Å². The Bertz CT molecular complexity index is 918. The van der Waals surface area contributed by atoms with Crippen molar-refractivity contribution in [2.45, 2.75) is 25.7 Å². The first kappa shape index (κ1) is 24.6. The summed E-state index contributed by atoms with van der Waals surface area (Å²) >= 11 is 0. The highest BCUT2D eigenvalue weighted by atomic mass is 127. The lowest BCUT2D eigenvalue weighted by Crippen LogP contribution is -2.32. The zero-order valence-corrected chi connectivity index (χ0v) is 18.8. The van der Waals surface area contributed by atoms with E-state index in [1.807, 2.05) is 6.07 Å². The van der Waals surface area contributed by atoms with E-state index in [4.69, 9.17) is 5.73 Å². The molecule has 0 aromatic heterocycles. The minimum atomic E-state index is -4.82. The van der Waals surface area contributed by atoms with Crippen LogP contribution in [0.5, 0.6) is 5.75 Å². The normalized spacial score (nSPS) is 14.0. The summed E-state index contributed by atoms with van der Waals surface area (Å²) in [5, 5.41) is 5.46. The molecule has 1 aliphatic rings. The second kappa shape index (κ2) is 11.1. The quantitative estimate of drug-likeness (QED) is 0.285. The molecular formula is C20H23F3IN5O2. The number of aliphatic imine (C=N–C) groups is 1.